The summed E-state index contributed by atoms with van der Waals surface area (Å²) in [5, 5.41) is 0. The molecule has 7 rings (SSSR count). The third kappa shape index (κ3) is 5.41. The maximum atomic E-state index is 13.8. The Balaban J connectivity index is 1.24. The molecule has 0 unspecified atom stereocenters. The molecule has 2 aromatic heterocycles. The predicted octanol–water partition coefficient (Wildman–Crippen LogP) is 3.10. The SMILES string of the molecule is O=C(OC[C@@H]1O[C@H](n2cnc3c(N(C(=O)c4ccccc4)C(=O)c4ccccc4)ncnc32)[C@H]2OS(=O)(=O)O[C@@H]21)c1ccccc1. The molecular weight excluding hydrogens is 618 g/mol. The van der Waals surface area contributed by atoms with Crippen LogP contribution in [0.2, 0.25) is 0 Å². The number of hydrogen-bond acceptors (Lipinski definition) is 12. The molecule has 0 bridgehead atoms. The third-order valence-electron chi connectivity index (χ3n) is 7.40. The Hall–Kier alpha value is -5.35. The van der Waals surface area contributed by atoms with E-state index < -0.39 is 52.7 Å². The molecule has 2 amide bonds. The number of amides is 2. The number of imide groups is 1. The molecule has 15 heteroatoms. The minimum atomic E-state index is -4.40. The number of aromatic nitrogens is 4. The first-order valence-corrected chi connectivity index (χ1v) is 15.3. The molecule has 0 spiro atoms. The summed E-state index contributed by atoms with van der Waals surface area (Å²) < 4.78 is 48.0. The molecule has 4 heterocycles. The number of nitrogens with zero attached hydrogens (tertiary/aromatic N) is 5. The topological polar surface area (TPSA) is 169 Å². The first kappa shape index (κ1) is 29.4. The lowest BCUT2D eigenvalue weighted by Crippen LogP contribution is -2.38. The number of fused-ring (bicyclic) bond motifs is 2. The monoisotopic (exact) mass is 641 g/mol. The highest BCUT2D eigenvalue weighted by atomic mass is 32.3. The average Bonchev–Trinajstić information content (AvgIpc) is 3.75. The summed E-state index contributed by atoms with van der Waals surface area (Å²) in [5.74, 6) is -2.05. The van der Waals surface area contributed by atoms with Crippen LogP contribution in [0.4, 0.5) is 5.82 Å². The van der Waals surface area contributed by atoms with Crippen molar-refractivity contribution in [1.29, 1.82) is 0 Å². The highest BCUT2D eigenvalue weighted by Gasteiger charge is 2.57. The van der Waals surface area contributed by atoms with Crippen LogP contribution in [0.15, 0.2) is 104 Å². The molecular formula is C31H23N5O9S. The molecule has 2 aliphatic heterocycles. The van der Waals surface area contributed by atoms with Gasteiger partial charge < -0.3 is 9.47 Å². The van der Waals surface area contributed by atoms with E-state index in [1.165, 1.54) is 10.9 Å². The summed E-state index contributed by atoms with van der Waals surface area (Å²) in [6.07, 6.45) is -2.13. The Morgan fingerprint density at radius 2 is 1.33 bits per heavy atom. The molecule has 5 aromatic rings. The molecule has 0 radical (unpaired) electrons. The van der Waals surface area contributed by atoms with Crippen molar-refractivity contribution in [2.24, 2.45) is 0 Å². The third-order valence-corrected chi connectivity index (χ3v) is 8.32. The zero-order valence-electron chi connectivity index (χ0n) is 23.7. The van der Waals surface area contributed by atoms with Gasteiger partial charge in [0.1, 0.15) is 25.1 Å². The van der Waals surface area contributed by atoms with Crippen molar-refractivity contribution in [3.8, 4) is 0 Å². The first-order chi connectivity index (χ1) is 22.3. The fourth-order valence-electron chi connectivity index (χ4n) is 5.29. The zero-order chi connectivity index (χ0) is 31.8. The second-order valence-corrected chi connectivity index (χ2v) is 11.5. The molecule has 3 aromatic carbocycles. The number of esters is 1. The van der Waals surface area contributed by atoms with E-state index in [0.29, 0.717) is 5.56 Å². The van der Waals surface area contributed by atoms with Crippen molar-refractivity contribution in [1.82, 2.24) is 19.5 Å². The Labute approximate surface area is 261 Å². The Morgan fingerprint density at radius 1 is 0.761 bits per heavy atom. The number of carbonyl (C=O) groups excluding carboxylic acids is 3. The van der Waals surface area contributed by atoms with E-state index >= 15 is 0 Å². The highest BCUT2D eigenvalue weighted by molar-refractivity contribution is 7.82. The van der Waals surface area contributed by atoms with Gasteiger partial charge in [-0.05, 0) is 36.4 Å². The van der Waals surface area contributed by atoms with Gasteiger partial charge in [-0.25, -0.2) is 33.0 Å². The van der Waals surface area contributed by atoms with Gasteiger partial charge in [-0.2, -0.15) is 8.42 Å². The van der Waals surface area contributed by atoms with E-state index in [-0.39, 0.29) is 34.7 Å². The van der Waals surface area contributed by atoms with Crippen molar-refractivity contribution in [3.63, 3.8) is 0 Å². The van der Waals surface area contributed by atoms with Crippen molar-refractivity contribution in [2.75, 3.05) is 11.5 Å². The number of carbonyl (C=O) groups is 3. The van der Waals surface area contributed by atoms with Crippen molar-refractivity contribution in [3.05, 3.63) is 120 Å². The van der Waals surface area contributed by atoms with Crippen LogP contribution >= 0.6 is 0 Å². The van der Waals surface area contributed by atoms with Gasteiger partial charge in [-0.1, -0.05) is 54.6 Å². The summed E-state index contributed by atoms with van der Waals surface area (Å²) in [4.78, 5) is 54.1. The van der Waals surface area contributed by atoms with Gasteiger partial charge in [0.25, 0.3) is 11.8 Å². The van der Waals surface area contributed by atoms with E-state index in [9.17, 15) is 22.8 Å². The van der Waals surface area contributed by atoms with Crippen LogP contribution in [-0.2, 0) is 28.2 Å². The summed E-state index contributed by atoms with van der Waals surface area (Å²) in [6.45, 7) is -0.345. The van der Waals surface area contributed by atoms with Crippen molar-refractivity contribution in [2.45, 2.75) is 24.5 Å². The van der Waals surface area contributed by atoms with Crippen LogP contribution in [0.25, 0.3) is 11.2 Å². The molecule has 232 valence electrons. The van der Waals surface area contributed by atoms with E-state index in [2.05, 4.69) is 15.0 Å². The number of anilines is 1. The number of imidazole rings is 1. The lowest BCUT2D eigenvalue weighted by Gasteiger charge is -2.21. The summed E-state index contributed by atoms with van der Waals surface area (Å²) in [5.41, 5.74) is 0.922. The first-order valence-electron chi connectivity index (χ1n) is 14.0. The van der Waals surface area contributed by atoms with Gasteiger partial charge >= 0.3 is 16.4 Å². The maximum Gasteiger partial charge on any atom is 0.400 e. The van der Waals surface area contributed by atoms with E-state index in [4.69, 9.17) is 17.8 Å². The predicted molar refractivity (Wildman–Crippen MR) is 159 cm³/mol. The standard InChI is InChI=1S/C31H23N5O9S/c37-28(19-10-4-1-5-11-19)36(29(38)20-12-6-2-7-13-20)27-23-26(32-17-33-27)35(18-34-23)30-25-24(44-46(40,41)45-25)22(43-30)16-42-31(39)21-14-8-3-9-15-21/h1-15,17-18,22,24-25,30H,16H2/t22-,24+,25-,30-/m0/s1. The van der Waals surface area contributed by atoms with Crippen LogP contribution < -0.4 is 4.90 Å². The summed E-state index contributed by atoms with van der Waals surface area (Å²) in [7, 11) is -4.40. The lowest BCUT2D eigenvalue weighted by atomic mass is 10.1. The number of hydrogen-bond donors (Lipinski definition) is 0. The smallest absolute Gasteiger partial charge is 0.400 e. The van der Waals surface area contributed by atoms with Crippen LogP contribution in [0, 0.1) is 0 Å². The van der Waals surface area contributed by atoms with Gasteiger partial charge in [-0.15, -0.1) is 0 Å². The van der Waals surface area contributed by atoms with Crippen molar-refractivity contribution < 1.29 is 40.6 Å². The van der Waals surface area contributed by atoms with Gasteiger partial charge in [-0.3, -0.25) is 14.2 Å². The number of rotatable bonds is 7. The van der Waals surface area contributed by atoms with Gasteiger partial charge in [0.2, 0.25) is 0 Å². The minimum Gasteiger partial charge on any atom is -0.459 e. The normalized spacial score (nSPS) is 21.5. The van der Waals surface area contributed by atoms with Gasteiger partial charge in [0, 0.05) is 11.1 Å². The quantitative estimate of drug-likeness (QED) is 0.188. The van der Waals surface area contributed by atoms with E-state index in [1.807, 2.05) is 0 Å². The van der Waals surface area contributed by atoms with Crippen molar-refractivity contribution >= 4 is 45.2 Å². The Kier molecular flexibility index (Phi) is 7.58. The summed E-state index contributed by atoms with van der Waals surface area (Å²) in [6, 6.07) is 24.7. The molecule has 2 fully saturated rings. The van der Waals surface area contributed by atoms with Crippen LogP contribution in [0.1, 0.15) is 37.3 Å². The maximum absolute atomic E-state index is 13.8. The fraction of sp³-hybridized carbons (Fsp3) is 0.161. The van der Waals surface area contributed by atoms with E-state index in [1.54, 1.807) is 91.0 Å². The Morgan fingerprint density at radius 3 is 1.93 bits per heavy atom. The average molecular weight is 642 g/mol. The molecule has 2 aliphatic rings. The minimum absolute atomic E-state index is 0.0527. The molecule has 0 N–H and O–H groups in total. The molecule has 0 aliphatic carbocycles. The van der Waals surface area contributed by atoms with E-state index in [0.717, 1.165) is 11.2 Å². The Bertz CT molecular complexity index is 1990. The van der Waals surface area contributed by atoms with Gasteiger partial charge in [0.15, 0.2) is 29.3 Å². The largest absolute Gasteiger partial charge is 0.459 e. The summed E-state index contributed by atoms with van der Waals surface area (Å²) >= 11 is 0. The molecule has 2 saturated heterocycles. The second kappa shape index (κ2) is 11.9. The molecule has 46 heavy (non-hydrogen) atoms. The molecule has 0 saturated carbocycles. The zero-order valence-corrected chi connectivity index (χ0v) is 24.5. The number of benzene rings is 3. The van der Waals surface area contributed by atoms with Crippen LogP contribution in [-0.4, -0.2) is 70.6 Å². The lowest BCUT2D eigenvalue weighted by molar-refractivity contribution is -0.0595. The van der Waals surface area contributed by atoms with Gasteiger partial charge in [0.05, 0.1) is 11.9 Å². The molecule has 14 nitrogen and oxygen atoms in total. The second-order valence-electron chi connectivity index (χ2n) is 10.3. The molecule has 4 atom stereocenters. The van der Waals surface area contributed by atoms with Crippen LogP contribution in [0.5, 0.6) is 0 Å². The highest BCUT2D eigenvalue weighted by Crippen LogP contribution is 2.41. The fourth-order valence-corrected chi connectivity index (χ4v) is 6.32. The van der Waals surface area contributed by atoms with Crippen LogP contribution in [0.3, 0.4) is 0 Å². The number of ether oxygens (including phenoxy) is 2.